The summed E-state index contributed by atoms with van der Waals surface area (Å²) in [5.41, 5.74) is 1.93. The molecule has 1 aliphatic carbocycles. The predicted octanol–water partition coefficient (Wildman–Crippen LogP) is 2.02. The highest BCUT2D eigenvalue weighted by molar-refractivity contribution is 6.04. The van der Waals surface area contributed by atoms with Gasteiger partial charge in [-0.15, -0.1) is 0 Å². The monoisotopic (exact) mass is 362 g/mol. The molecule has 1 amide bonds. The minimum atomic E-state index is -0.505. The van der Waals surface area contributed by atoms with Crippen molar-refractivity contribution in [1.82, 2.24) is 9.88 Å². The molecule has 0 aromatic carbocycles. The highest BCUT2D eigenvalue weighted by Crippen LogP contribution is 2.32. The molecule has 142 valence electrons. The van der Waals surface area contributed by atoms with E-state index in [-0.39, 0.29) is 36.0 Å². The number of hydrogen-bond donors (Lipinski definition) is 1. The Hall–Kier alpha value is -2.15. The normalized spacial score (nSPS) is 19.4. The number of nitrogens with one attached hydrogen (secondary N) is 1. The van der Waals surface area contributed by atoms with Gasteiger partial charge >= 0.3 is 5.97 Å². The molecule has 3 rings (SSSR count). The van der Waals surface area contributed by atoms with E-state index in [0.717, 1.165) is 25.7 Å². The molecule has 1 aromatic rings. The molecule has 0 radical (unpaired) electrons. The Morgan fingerprint density at radius 1 is 1.23 bits per heavy atom. The summed E-state index contributed by atoms with van der Waals surface area (Å²) in [5, 5.41) is 0. The quantitative estimate of drug-likeness (QED) is 0.592. The van der Waals surface area contributed by atoms with Crippen LogP contribution >= 0.6 is 0 Å². The summed E-state index contributed by atoms with van der Waals surface area (Å²) >= 11 is 0. The first-order chi connectivity index (χ1) is 12.4. The Morgan fingerprint density at radius 3 is 2.54 bits per heavy atom. The summed E-state index contributed by atoms with van der Waals surface area (Å²) in [4.78, 5) is 42.0. The van der Waals surface area contributed by atoms with Gasteiger partial charge in [0.05, 0.1) is 19.8 Å². The number of ketones is 1. The average molecular weight is 362 g/mol. The lowest BCUT2D eigenvalue weighted by Crippen LogP contribution is -2.41. The number of methoxy groups -OCH3 is 1. The van der Waals surface area contributed by atoms with E-state index < -0.39 is 5.97 Å². The standard InChI is InChI=1S/C19H26N2O5/c1-11-16(12(2)20-17(11)19(24)25-3)15(22)10-21(18(23)13-6-7-13)9-14-5-4-8-26-14/h13-14,20H,4-10H2,1-3H3. The predicted molar refractivity (Wildman–Crippen MR) is 94.2 cm³/mol. The third-order valence-electron chi connectivity index (χ3n) is 5.13. The topological polar surface area (TPSA) is 88.7 Å². The van der Waals surface area contributed by atoms with Crippen molar-refractivity contribution in [2.45, 2.75) is 45.6 Å². The van der Waals surface area contributed by atoms with Crippen LogP contribution in [0.5, 0.6) is 0 Å². The van der Waals surface area contributed by atoms with Crippen LogP contribution in [-0.2, 0) is 14.3 Å². The number of ether oxygens (including phenoxy) is 2. The number of aromatic amines is 1. The number of carbonyl (C=O) groups is 3. The summed E-state index contributed by atoms with van der Waals surface area (Å²) in [7, 11) is 1.30. The Bertz CT molecular complexity index is 714. The van der Waals surface area contributed by atoms with Gasteiger partial charge in [-0.3, -0.25) is 9.59 Å². The van der Waals surface area contributed by atoms with Crippen LogP contribution in [0.4, 0.5) is 0 Å². The zero-order valence-electron chi connectivity index (χ0n) is 15.6. The lowest BCUT2D eigenvalue weighted by molar-refractivity contribution is -0.133. The van der Waals surface area contributed by atoms with Crippen LogP contribution in [0.3, 0.4) is 0 Å². The molecule has 1 aliphatic heterocycles. The summed E-state index contributed by atoms with van der Waals surface area (Å²) < 4.78 is 10.4. The van der Waals surface area contributed by atoms with Crippen LogP contribution in [0.15, 0.2) is 0 Å². The molecule has 1 saturated heterocycles. The van der Waals surface area contributed by atoms with Crippen molar-refractivity contribution in [3.8, 4) is 0 Å². The maximum atomic E-state index is 12.9. The van der Waals surface area contributed by atoms with Gasteiger partial charge in [0.2, 0.25) is 5.91 Å². The number of aryl methyl sites for hydroxylation is 1. The molecule has 7 nitrogen and oxygen atoms in total. The minimum absolute atomic E-state index is 0.00421. The molecule has 1 atom stereocenters. The van der Waals surface area contributed by atoms with E-state index in [1.165, 1.54) is 7.11 Å². The molecule has 0 bridgehead atoms. The zero-order chi connectivity index (χ0) is 18.8. The number of hydrogen-bond acceptors (Lipinski definition) is 5. The number of amides is 1. The van der Waals surface area contributed by atoms with E-state index in [2.05, 4.69) is 4.98 Å². The number of esters is 1. The number of Topliss-reactive ketones (excluding diaryl/α,β-unsaturated/α-hetero) is 1. The maximum Gasteiger partial charge on any atom is 0.354 e. The van der Waals surface area contributed by atoms with Gasteiger partial charge in [-0.25, -0.2) is 4.79 Å². The van der Waals surface area contributed by atoms with Crippen molar-refractivity contribution in [2.75, 3.05) is 26.8 Å². The van der Waals surface area contributed by atoms with E-state index in [0.29, 0.717) is 30.0 Å². The smallest absolute Gasteiger partial charge is 0.354 e. The van der Waals surface area contributed by atoms with Crippen molar-refractivity contribution in [1.29, 1.82) is 0 Å². The van der Waals surface area contributed by atoms with Crippen molar-refractivity contribution in [3.63, 3.8) is 0 Å². The lowest BCUT2D eigenvalue weighted by Gasteiger charge is -2.25. The molecule has 0 spiro atoms. The van der Waals surface area contributed by atoms with Crippen LogP contribution < -0.4 is 0 Å². The molecule has 1 N–H and O–H groups in total. The molecule has 2 aliphatic rings. The largest absolute Gasteiger partial charge is 0.464 e. The van der Waals surface area contributed by atoms with E-state index >= 15 is 0 Å². The fourth-order valence-corrected chi connectivity index (χ4v) is 3.58. The zero-order valence-corrected chi connectivity index (χ0v) is 15.6. The Balaban J connectivity index is 1.77. The number of H-pyrrole nitrogens is 1. The molecule has 7 heteroatoms. The molecule has 1 unspecified atom stereocenters. The summed E-state index contributed by atoms with van der Waals surface area (Å²) in [6.07, 6.45) is 3.69. The van der Waals surface area contributed by atoms with Gasteiger partial charge in [0.25, 0.3) is 0 Å². The highest BCUT2D eigenvalue weighted by atomic mass is 16.5. The van der Waals surface area contributed by atoms with Gasteiger partial charge in [-0.1, -0.05) is 0 Å². The van der Waals surface area contributed by atoms with Crippen LogP contribution in [-0.4, -0.2) is 60.5 Å². The second-order valence-electron chi connectivity index (χ2n) is 7.17. The van der Waals surface area contributed by atoms with Gasteiger partial charge in [0.1, 0.15) is 5.69 Å². The number of carbonyl (C=O) groups excluding carboxylic acids is 3. The highest BCUT2D eigenvalue weighted by Gasteiger charge is 2.36. The van der Waals surface area contributed by atoms with Crippen LogP contribution in [0.1, 0.15) is 57.8 Å². The SMILES string of the molecule is COC(=O)c1[nH]c(C)c(C(=O)CN(CC2CCCO2)C(=O)C2CC2)c1C. The molecular weight excluding hydrogens is 336 g/mol. The molecule has 1 saturated carbocycles. The second-order valence-corrected chi connectivity index (χ2v) is 7.17. The van der Waals surface area contributed by atoms with E-state index in [1.807, 2.05) is 0 Å². The summed E-state index contributed by atoms with van der Waals surface area (Å²) in [5.74, 6) is -0.593. The van der Waals surface area contributed by atoms with Crippen molar-refractivity contribution in [3.05, 3.63) is 22.5 Å². The fraction of sp³-hybridized carbons (Fsp3) is 0.632. The van der Waals surface area contributed by atoms with Crippen LogP contribution in [0.25, 0.3) is 0 Å². The minimum Gasteiger partial charge on any atom is -0.464 e. The first-order valence-corrected chi connectivity index (χ1v) is 9.13. The summed E-state index contributed by atoms with van der Waals surface area (Å²) in [6.45, 7) is 4.64. The number of aromatic nitrogens is 1. The van der Waals surface area contributed by atoms with Gasteiger partial charge in [0, 0.05) is 30.3 Å². The molecule has 2 fully saturated rings. The average Bonchev–Trinajstić information content (AvgIpc) is 3.26. The van der Waals surface area contributed by atoms with Crippen molar-refractivity contribution >= 4 is 17.7 Å². The number of rotatable bonds is 7. The first-order valence-electron chi connectivity index (χ1n) is 9.13. The summed E-state index contributed by atoms with van der Waals surface area (Å²) in [6, 6.07) is 0. The second kappa shape index (κ2) is 7.61. The van der Waals surface area contributed by atoms with E-state index in [4.69, 9.17) is 9.47 Å². The van der Waals surface area contributed by atoms with Crippen molar-refractivity contribution < 1.29 is 23.9 Å². The van der Waals surface area contributed by atoms with Crippen LogP contribution in [0.2, 0.25) is 0 Å². The Morgan fingerprint density at radius 2 is 1.96 bits per heavy atom. The Kier molecular flexibility index (Phi) is 5.46. The molecule has 2 heterocycles. The van der Waals surface area contributed by atoms with Gasteiger partial charge in [-0.05, 0) is 45.1 Å². The maximum absolute atomic E-state index is 12.9. The van der Waals surface area contributed by atoms with E-state index in [9.17, 15) is 14.4 Å². The van der Waals surface area contributed by atoms with E-state index in [1.54, 1.807) is 18.7 Å². The third kappa shape index (κ3) is 3.82. The molecule has 26 heavy (non-hydrogen) atoms. The third-order valence-corrected chi connectivity index (χ3v) is 5.13. The fourth-order valence-electron chi connectivity index (χ4n) is 3.58. The van der Waals surface area contributed by atoms with Gasteiger partial charge < -0.3 is 19.4 Å². The first kappa shape index (κ1) is 18.6. The Labute approximate surface area is 153 Å². The van der Waals surface area contributed by atoms with Gasteiger partial charge in [0.15, 0.2) is 5.78 Å². The number of nitrogens with zero attached hydrogens (tertiary/aromatic N) is 1. The van der Waals surface area contributed by atoms with Crippen molar-refractivity contribution in [2.24, 2.45) is 5.92 Å². The van der Waals surface area contributed by atoms with Crippen LogP contribution in [0, 0.1) is 19.8 Å². The molecular formula is C19H26N2O5. The lowest BCUT2D eigenvalue weighted by atomic mass is 10.0. The molecule has 1 aromatic heterocycles. The van der Waals surface area contributed by atoms with Gasteiger partial charge in [-0.2, -0.15) is 0 Å².